The summed E-state index contributed by atoms with van der Waals surface area (Å²) < 4.78 is 9.83. The van der Waals surface area contributed by atoms with E-state index in [1.54, 1.807) is 25.7 Å². The summed E-state index contributed by atoms with van der Waals surface area (Å²) in [6.45, 7) is 5.52. The summed E-state index contributed by atoms with van der Waals surface area (Å²) in [7, 11) is 0. The van der Waals surface area contributed by atoms with Gasteiger partial charge in [0.1, 0.15) is 12.1 Å². The maximum Gasteiger partial charge on any atom is 0.344 e. The Labute approximate surface area is 147 Å². The van der Waals surface area contributed by atoms with Crippen LogP contribution in [0, 0.1) is 0 Å². The normalized spacial score (nSPS) is 13.6. The number of urea groups is 1. The van der Waals surface area contributed by atoms with Crippen molar-refractivity contribution < 1.29 is 23.9 Å². The fourth-order valence-corrected chi connectivity index (χ4v) is 2.49. The molecule has 1 N–H and O–H groups in total. The average Bonchev–Trinajstić information content (AvgIpc) is 2.56. The molecular formula is C18H24N2O5. The fraction of sp³-hybridized carbons (Fsp3) is 0.500. The predicted molar refractivity (Wildman–Crippen MR) is 90.8 cm³/mol. The number of ether oxygens (including phenoxy) is 2. The lowest BCUT2D eigenvalue weighted by molar-refractivity contribution is -0.166. The van der Waals surface area contributed by atoms with Gasteiger partial charge in [0.05, 0.1) is 0 Å². The van der Waals surface area contributed by atoms with Crippen LogP contribution in [0.25, 0.3) is 0 Å². The standard InChI is InChI=1S/C18H24N2O5/c1-18(2,3)25-16(22)12-24-15(21)10-19-17(23)20-9-8-13-6-4-5-7-14(13)11-20/h4-7H,8-12H2,1-3H3,(H,19,23). The van der Waals surface area contributed by atoms with Crippen molar-refractivity contribution >= 4 is 18.0 Å². The molecule has 7 heteroatoms. The fourth-order valence-electron chi connectivity index (χ4n) is 2.49. The molecule has 0 radical (unpaired) electrons. The van der Waals surface area contributed by atoms with E-state index in [0.717, 1.165) is 12.0 Å². The van der Waals surface area contributed by atoms with Crippen LogP contribution in [0.4, 0.5) is 4.79 Å². The zero-order valence-corrected chi connectivity index (χ0v) is 14.8. The molecule has 1 heterocycles. The van der Waals surface area contributed by atoms with Gasteiger partial charge in [-0.05, 0) is 38.3 Å². The molecule has 1 aliphatic heterocycles. The van der Waals surface area contributed by atoms with E-state index >= 15 is 0 Å². The Morgan fingerprint density at radius 1 is 1.12 bits per heavy atom. The number of nitrogens with zero attached hydrogens (tertiary/aromatic N) is 1. The summed E-state index contributed by atoms with van der Waals surface area (Å²) in [5.41, 5.74) is 1.71. The van der Waals surface area contributed by atoms with Gasteiger partial charge in [-0.2, -0.15) is 0 Å². The van der Waals surface area contributed by atoms with E-state index in [1.807, 2.05) is 18.2 Å². The Balaban J connectivity index is 1.71. The number of amides is 2. The molecule has 136 valence electrons. The average molecular weight is 348 g/mol. The highest BCUT2D eigenvalue weighted by Crippen LogP contribution is 2.18. The first-order valence-corrected chi connectivity index (χ1v) is 8.21. The summed E-state index contributed by atoms with van der Waals surface area (Å²) in [5.74, 6) is -1.31. The van der Waals surface area contributed by atoms with Crippen molar-refractivity contribution in [3.63, 3.8) is 0 Å². The molecular weight excluding hydrogens is 324 g/mol. The lowest BCUT2D eigenvalue weighted by Gasteiger charge is -2.28. The molecule has 1 aromatic carbocycles. The van der Waals surface area contributed by atoms with Crippen LogP contribution in [0.5, 0.6) is 0 Å². The number of benzene rings is 1. The topological polar surface area (TPSA) is 84.9 Å². The van der Waals surface area contributed by atoms with E-state index in [9.17, 15) is 14.4 Å². The van der Waals surface area contributed by atoms with E-state index in [0.29, 0.717) is 13.1 Å². The second-order valence-electron chi connectivity index (χ2n) is 6.85. The molecule has 1 aromatic rings. The van der Waals surface area contributed by atoms with Gasteiger partial charge < -0.3 is 19.7 Å². The van der Waals surface area contributed by atoms with Crippen molar-refractivity contribution in [3.05, 3.63) is 35.4 Å². The molecule has 1 aliphatic rings. The van der Waals surface area contributed by atoms with Gasteiger partial charge in [0.15, 0.2) is 6.61 Å². The van der Waals surface area contributed by atoms with E-state index in [1.165, 1.54) is 5.56 Å². The second kappa shape index (κ2) is 8.00. The molecule has 7 nitrogen and oxygen atoms in total. The van der Waals surface area contributed by atoms with Crippen molar-refractivity contribution in [2.45, 2.75) is 39.3 Å². The van der Waals surface area contributed by atoms with Crippen LogP contribution < -0.4 is 5.32 Å². The molecule has 0 unspecified atom stereocenters. The lowest BCUT2D eigenvalue weighted by Crippen LogP contribution is -2.44. The Hall–Kier alpha value is -2.57. The largest absolute Gasteiger partial charge is 0.457 e. The smallest absolute Gasteiger partial charge is 0.344 e. The summed E-state index contributed by atoms with van der Waals surface area (Å²) in [5, 5.41) is 2.52. The third kappa shape index (κ3) is 6.10. The van der Waals surface area contributed by atoms with Gasteiger partial charge in [-0.15, -0.1) is 0 Å². The lowest BCUT2D eigenvalue weighted by atomic mass is 10.0. The highest BCUT2D eigenvalue weighted by molar-refractivity contribution is 5.82. The van der Waals surface area contributed by atoms with Gasteiger partial charge in [-0.1, -0.05) is 24.3 Å². The van der Waals surface area contributed by atoms with Crippen LogP contribution in [0.1, 0.15) is 31.9 Å². The maximum atomic E-state index is 12.2. The van der Waals surface area contributed by atoms with Gasteiger partial charge in [0.25, 0.3) is 0 Å². The molecule has 0 saturated heterocycles. The predicted octanol–water partition coefficient (Wildman–Crippen LogP) is 1.64. The van der Waals surface area contributed by atoms with Crippen LogP contribution in [-0.4, -0.2) is 48.2 Å². The SMILES string of the molecule is CC(C)(C)OC(=O)COC(=O)CNC(=O)N1CCc2ccccc2C1. The van der Waals surface area contributed by atoms with Crippen molar-refractivity contribution in [1.82, 2.24) is 10.2 Å². The van der Waals surface area contributed by atoms with Gasteiger partial charge >= 0.3 is 18.0 Å². The molecule has 0 spiro atoms. The van der Waals surface area contributed by atoms with E-state index in [2.05, 4.69) is 11.4 Å². The molecule has 0 aromatic heterocycles. The number of fused-ring (bicyclic) bond motifs is 1. The van der Waals surface area contributed by atoms with Crippen molar-refractivity contribution in [1.29, 1.82) is 0 Å². The van der Waals surface area contributed by atoms with Gasteiger partial charge in [0.2, 0.25) is 0 Å². The molecule has 2 rings (SSSR count). The minimum atomic E-state index is -0.684. The van der Waals surface area contributed by atoms with Crippen LogP contribution in [0.3, 0.4) is 0 Å². The van der Waals surface area contributed by atoms with Crippen molar-refractivity contribution in [2.75, 3.05) is 19.7 Å². The number of esters is 2. The number of carbonyl (C=O) groups excluding carboxylic acids is 3. The highest BCUT2D eigenvalue weighted by atomic mass is 16.6. The molecule has 0 atom stereocenters. The molecule has 2 amide bonds. The third-order valence-electron chi connectivity index (χ3n) is 3.57. The summed E-state index contributed by atoms with van der Waals surface area (Å²) >= 11 is 0. The van der Waals surface area contributed by atoms with Gasteiger partial charge in [0, 0.05) is 13.1 Å². The van der Waals surface area contributed by atoms with Crippen LogP contribution in [-0.2, 0) is 32.0 Å². The number of hydrogen-bond acceptors (Lipinski definition) is 5. The van der Waals surface area contributed by atoms with Crippen molar-refractivity contribution in [3.8, 4) is 0 Å². The minimum absolute atomic E-state index is 0.292. The zero-order valence-electron chi connectivity index (χ0n) is 14.8. The molecule has 0 aliphatic carbocycles. The quantitative estimate of drug-likeness (QED) is 0.836. The van der Waals surface area contributed by atoms with Gasteiger partial charge in [-0.3, -0.25) is 4.79 Å². The monoisotopic (exact) mass is 348 g/mol. The number of hydrogen-bond donors (Lipinski definition) is 1. The van der Waals surface area contributed by atoms with E-state index in [4.69, 9.17) is 9.47 Å². The Morgan fingerprint density at radius 2 is 1.80 bits per heavy atom. The minimum Gasteiger partial charge on any atom is -0.457 e. The molecule has 0 saturated carbocycles. The Morgan fingerprint density at radius 3 is 2.48 bits per heavy atom. The first kappa shape index (κ1) is 18.8. The summed E-state index contributed by atoms with van der Waals surface area (Å²) in [4.78, 5) is 36.9. The summed E-state index contributed by atoms with van der Waals surface area (Å²) in [6, 6.07) is 7.63. The second-order valence-corrected chi connectivity index (χ2v) is 6.85. The molecule has 25 heavy (non-hydrogen) atoms. The molecule has 0 bridgehead atoms. The van der Waals surface area contributed by atoms with Gasteiger partial charge in [-0.25, -0.2) is 9.59 Å². The number of carbonyl (C=O) groups is 3. The Kier molecular flexibility index (Phi) is 6.01. The Bertz CT molecular complexity index is 651. The van der Waals surface area contributed by atoms with Crippen LogP contribution in [0.15, 0.2) is 24.3 Å². The van der Waals surface area contributed by atoms with Crippen molar-refractivity contribution in [2.24, 2.45) is 0 Å². The first-order chi connectivity index (χ1) is 11.7. The van der Waals surface area contributed by atoms with E-state index in [-0.39, 0.29) is 12.6 Å². The first-order valence-electron chi connectivity index (χ1n) is 8.21. The van der Waals surface area contributed by atoms with E-state index < -0.39 is 24.1 Å². The number of rotatable bonds is 4. The van der Waals surface area contributed by atoms with Crippen LogP contribution in [0.2, 0.25) is 0 Å². The summed E-state index contributed by atoms with van der Waals surface area (Å²) in [6.07, 6.45) is 0.784. The maximum absolute atomic E-state index is 12.2. The number of nitrogens with one attached hydrogen (secondary N) is 1. The third-order valence-corrected chi connectivity index (χ3v) is 3.57. The highest BCUT2D eigenvalue weighted by Gasteiger charge is 2.21. The molecule has 0 fully saturated rings. The zero-order chi connectivity index (χ0) is 18.4. The van der Waals surface area contributed by atoms with Crippen LogP contribution >= 0.6 is 0 Å².